The molecule has 0 aliphatic carbocycles. The Hall–Kier alpha value is -3.54. The Labute approximate surface area is 154 Å². The van der Waals surface area contributed by atoms with Gasteiger partial charge in [0.2, 0.25) is 5.78 Å². The lowest BCUT2D eigenvalue weighted by atomic mass is 10.1. The number of nitrogens with one attached hydrogen (secondary N) is 2. The molecular weight excluding hydrogens is 350 g/mol. The monoisotopic (exact) mass is 366 g/mol. The van der Waals surface area contributed by atoms with Crippen LogP contribution in [-0.4, -0.2) is 17.9 Å². The van der Waals surface area contributed by atoms with E-state index in [1.165, 1.54) is 30.3 Å². The molecule has 1 unspecified atom stereocenters. The van der Waals surface area contributed by atoms with Crippen LogP contribution in [0.25, 0.3) is 0 Å². The predicted molar refractivity (Wildman–Crippen MR) is 98.4 cm³/mol. The molecule has 0 spiro atoms. The van der Waals surface area contributed by atoms with Gasteiger partial charge in [0.25, 0.3) is 5.91 Å². The highest BCUT2D eigenvalue weighted by molar-refractivity contribution is 6.05. The molecule has 1 amide bonds. The Morgan fingerprint density at radius 2 is 1.37 bits per heavy atom. The standard InChI is InChI=1S/C21H16F2N2O2/c22-16-12-10-15(11-13-16)21(27)25-20(19(26)14-6-2-1-3-7-14)24-18-9-5-4-8-17(18)23/h1-13,20,24H,(H,25,27). The second kappa shape index (κ2) is 8.23. The Morgan fingerprint density at radius 3 is 2.04 bits per heavy atom. The lowest BCUT2D eigenvalue weighted by Crippen LogP contribution is -2.46. The van der Waals surface area contributed by atoms with Crippen molar-refractivity contribution in [2.45, 2.75) is 6.17 Å². The molecule has 3 aromatic carbocycles. The summed E-state index contributed by atoms with van der Waals surface area (Å²) in [6.45, 7) is 0. The zero-order valence-corrected chi connectivity index (χ0v) is 14.2. The summed E-state index contributed by atoms with van der Waals surface area (Å²) in [5.41, 5.74) is 0.606. The average molecular weight is 366 g/mol. The summed E-state index contributed by atoms with van der Waals surface area (Å²) >= 11 is 0. The van der Waals surface area contributed by atoms with Crippen molar-refractivity contribution in [1.29, 1.82) is 0 Å². The molecule has 2 N–H and O–H groups in total. The number of carbonyl (C=O) groups is 2. The number of Topliss-reactive ketones (excluding diaryl/α,β-unsaturated/α-hetero) is 1. The van der Waals surface area contributed by atoms with Crippen molar-refractivity contribution >= 4 is 17.4 Å². The van der Waals surface area contributed by atoms with E-state index in [-0.39, 0.29) is 11.3 Å². The van der Waals surface area contributed by atoms with E-state index in [0.717, 1.165) is 12.1 Å². The molecule has 0 fully saturated rings. The normalized spacial score (nSPS) is 11.5. The van der Waals surface area contributed by atoms with Crippen LogP contribution < -0.4 is 10.6 Å². The second-order valence-electron chi connectivity index (χ2n) is 5.77. The van der Waals surface area contributed by atoms with Crippen LogP contribution in [0.3, 0.4) is 0 Å². The van der Waals surface area contributed by atoms with Gasteiger partial charge in [-0.15, -0.1) is 0 Å². The summed E-state index contributed by atoms with van der Waals surface area (Å²) in [5.74, 6) is -2.06. The Balaban J connectivity index is 1.87. The van der Waals surface area contributed by atoms with E-state index in [0.29, 0.717) is 5.56 Å². The summed E-state index contributed by atoms with van der Waals surface area (Å²) < 4.78 is 27.0. The van der Waals surface area contributed by atoms with Gasteiger partial charge in [0, 0.05) is 11.1 Å². The van der Waals surface area contributed by atoms with Crippen molar-refractivity contribution in [2.75, 3.05) is 5.32 Å². The number of halogens is 2. The molecule has 0 aliphatic rings. The fraction of sp³-hybridized carbons (Fsp3) is 0.0476. The van der Waals surface area contributed by atoms with Crippen LogP contribution in [0.4, 0.5) is 14.5 Å². The highest BCUT2D eigenvalue weighted by Crippen LogP contribution is 2.15. The molecular formula is C21H16F2N2O2. The van der Waals surface area contributed by atoms with Crippen LogP contribution in [0.2, 0.25) is 0 Å². The lowest BCUT2D eigenvalue weighted by molar-refractivity contribution is 0.0869. The van der Waals surface area contributed by atoms with Crippen LogP contribution in [-0.2, 0) is 0 Å². The Kier molecular flexibility index (Phi) is 5.56. The van der Waals surface area contributed by atoms with Crippen LogP contribution in [0, 0.1) is 11.6 Å². The third-order valence-corrected chi connectivity index (χ3v) is 3.88. The van der Waals surface area contributed by atoms with Crippen LogP contribution in [0.5, 0.6) is 0 Å². The summed E-state index contributed by atoms with van der Waals surface area (Å²) in [5, 5.41) is 5.27. The predicted octanol–water partition coefficient (Wildman–Crippen LogP) is 4.02. The first-order valence-corrected chi connectivity index (χ1v) is 8.21. The van der Waals surface area contributed by atoms with Gasteiger partial charge in [-0.1, -0.05) is 42.5 Å². The van der Waals surface area contributed by atoms with Gasteiger partial charge in [-0.05, 0) is 36.4 Å². The number of hydrogen-bond donors (Lipinski definition) is 2. The van der Waals surface area contributed by atoms with Crippen molar-refractivity contribution < 1.29 is 18.4 Å². The number of anilines is 1. The molecule has 0 saturated carbocycles. The number of ketones is 1. The van der Waals surface area contributed by atoms with Crippen molar-refractivity contribution in [3.63, 3.8) is 0 Å². The molecule has 136 valence electrons. The maximum atomic E-state index is 14.0. The summed E-state index contributed by atoms with van der Waals surface area (Å²) in [6.07, 6.45) is -1.21. The van der Waals surface area contributed by atoms with Gasteiger partial charge in [0.15, 0.2) is 6.17 Å². The smallest absolute Gasteiger partial charge is 0.253 e. The number of benzene rings is 3. The van der Waals surface area contributed by atoms with E-state index >= 15 is 0 Å². The average Bonchev–Trinajstić information content (AvgIpc) is 2.69. The molecule has 3 aromatic rings. The quantitative estimate of drug-likeness (QED) is 0.512. The van der Waals surface area contributed by atoms with Gasteiger partial charge < -0.3 is 10.6 Å². The minimum Gasteiger partial charge on any atom is -0.356 e. The zero-order chi connectivity index (χ0) is 19.2. The second-order valence-corrected chi connectivity index (χ2v) is 5.77. The molecule has 0 aliphatic heterocycles. The maximum absolute atomic E-state index is 14.0. The van der Waals surface area contributed by atoms with Gasteiger partial charge in [0.05, 0.1) is 5.69 Å². The molecule has 3 rings (SSSR count). The van der Waals surface area contributed by atoms with E-state index in [9.17, 15) is 18.4 Å². The van der Waals surface area contributed by atoms with Crippen LogP contribution >= 0.6 is 0 Å². The minimum atomic E-state index is -1.21. The minimum absolute atomic E-state index is 0.0752. The maximum Gasteiger partial charge on any atom is 0.253 e. The molecule has 6 heteroatoms. The van der Waals surface area contributed by atoms with Crippen molar-refractivity contribution in [3.8, 4) is 0 Å². The first-order valence-electron chi connectivity index (χ1n) is 8.21. The molecule has 0 saturated heterocycles. The third-order valence-electron chi connectivity index (χ3n) is 3.88. The summed E-state index contributed by atoms with van der Waals surface area (Å²) in [4.78, 5) is 25.3. The lowest BCUT2D eigenvalue weighted by Gasteiger charge is -2.21. The van der Waals surface area contributed by atoms with Gasteiger partial charge in [-0.2, -0.15) is 0 Å². The number of hydrogen-bond acceptors (Lipinski definition) is 3. The number of rotatable bonds is 6. The van der Waals surface area contributed by atoms with Crippen LogP contribution in [0.1, 0.15) is 20.7 Å². The molecule has 27 heavy (non-hydrogen) atoms. The highest BCUT2D eigenvalue weighted by atomic mass is 19.1. The topological polar surface area (TPSA) is 58.2 Å². The fourth-order valence-corrected chi connectivity index (χ4v) is 2.49. The molecule has 1 atom stereocenters. The summed E-state index contributed by atoms with van der Waals surface area (Å²) in [7, 11) is 0. The van der Waals surface area contributed by atoms with E-state index in [2.05, 4.69) is 10.6 Å². The van der Waals surface area contributed by atoms with Crippen molar-refractivity contribution in [1.82, 2.24) is 5.32 Å². The third kappa shape index (κ3) is 4.55. The SMILES string of the molecule is O=C(NC(Nc1ccccc1F)C(=O)c1ccccc1)c1ccc(F)cc1. The first kappa shape index (κ1) is 18.3. The summed E-state index contributed by atoms with van der Waals surface area (Å²) in [6, 6.07) is 19.1. The number of amides is 1. The van der Waals surface area contributed by atoms with Gasteiger partial charge in [-0.25, -0.2) is 8.78 Å². The van der Waals surface area contributed by atoms with Gasteiger partial charge in [0.1, 0.15) is 11.6 Å². The Morgan fingerprint density at radius 1 is 0.741 bits per heavy atom. The highest BCUT2D eigenvalue weighted by Gasteiger charge is 2.23. The van der Waals surface area contributed by atoms with E-state index in [4.69, 9.17) is 0 Å². The van der Waals surface area contributed by atoms with E-state index < -0.39 is 29.5 Å². The van der Waals surface area contributed by atoms with Crippen LogP contribution in [0.15, 0.2) is 78.9 Å². The van der Waals surface area contributed by atoms with E-state index in [1.807, 2.05) is 0 Å². The van der Waals surface area contributed by atoms with E-state index in [1.54, 1.807) is 36.4 Å². The zero-order valence-electron chi connectivity index (χ0n) is 14.2. The molecule has 4 nitrogen and oxygen atoms in total. The number of para-hydroxylation sites is 1. The first-order chi connectivity index (χ1) is 13.0. The molecule has 0 radical (unpaired) electrons. The van der Waals surface area contributed by atoms with Gasteiger partial charge >= 0.3 is 0 Å². The fourth-order valence-electron chi connectivity index (χ4n) is 2.49. The molecule has 0 heterocycles. The van der Waals surface area contributed by atoms with Gasteiger partial charge in [-0.3, -0.25) is 9.59 Å². The van der Waals surface area contributed by atoms with Crippen molar-refractivity contribution in [2.24, 2.45) is 0 Å². The van der Waals surface area contributed by atoms with Crippen molar-refractivity contribution in [3.05, 3.63) is 102 Å². The molecule has 0 bridgehead atoms. The Bertz CT molecular complexity index is 944. The largest absolute Gasteiger partial charge is 0.356 e. The molecule has 0 aromatic heterocycles. The number of carbonyl (C=O) groups excluding carboxylic acids is 2.